The largest absolute Gasteiger partial charge is 0.382 e. The van der Waals surface area contributed by atoms with E-state index in [0.29, 0.717) is 32.5 Å². The molecule has 5 heteroatoms. The molecule has 0 aromatic heterocycles. The van der Waals surface area contributed by atoms with Crippen LogP contribution in [0.4, 0.5) is 0 Å². The second-order valence-corrected chi connectivity index (χ2v) is 6.21. The lowest BCUT2D eigenvalue weighted by Gasteiger charge is -2.25. The SMILES string of the molecule is COCCOCCOCCN(CC1CC1)CC1CCCN1. The van der Waals surface area contributed by atoms with Crippen molar-refractivity contribution in [1.29, 1.82) is 0 Å². The summed E-state index contributed by atoms with van der Waals surface area (Å²) in [6.45, 7) is 8.15. The number of rotatable bonds is 13. The summed E-state index contributed by atoms with van der Waals surface area (Å²) in [6.07, 6.45) is 5.50. The summed E-state index contributed by atoms with van der Waals surface area (Å²) in [5.41, 5.74) is 0. The molecule has 0 spiro atoms. The topological polar surface area (TPSA) is 43.0 Å². The molecule has 2 aliphatic rings. The van der Waals surface area contributed by atoms with Crippen LogP contribution in [0.25, 0.3) is 0 Å². The fourth-order valence-electron chi connectivity index (χ4n) is 2.80. The molecule has 0 amide bonds. The number of nitrogens with one attached hydrogen (secondary N) is 1. The van der Waals surface area contributed by atoms with Gasteiger partial charge in [0.15, 0.2) is 0 Å². The molecule has 1 aliphatic carbocycles. The maximum Gasteiger partial charge on any atom is 0.0701 e. The number of ether oxygens (including phenoxy) is 3. The average molecular weight is 300 g/mol. The maximum absolute atomic E-state index is 5.68. The van der Waals surface area contributed by atoms with Crippen LogP contribution in [0.2, 0.25) is 0 Å². The highest BCUT2D eigenvalue weighted by Crippen LogP contribution is 2.29. The molecule has 1 saturated heterocycles. The van der Waals surface area contributed by atoms with Crippen molar-refractivity contribution >= 4 is 0 Å². The number of hydrogen-bond acceptors (Lipinski definition) is 5. The molecule has 124 valence electrons. The Kier molecular flexibility index (Phi) is 8.59. The maximum atomic E-state index is 5.68. The molecular weight excluding hydrogens is 268 g/mol. The molecule has 21 heavy (non-hydrogen) atoms. The van der Waals surface area contributed by atoms with Crippen molar-refractivity contribution in [3.8, 4) is 0 Å². The van der Waals surface area contributed by atoms with E-state index in [9.17, 15) is 0 Å². The summed E-state index contributed by atoms with van der Waals surface area (Å²) >= 11 is 0. The zero-order chi connectivity index (χ0) is 14.8. The Morgan fingerprint density at radius 3 is 2.38 bits per heavy atom. The predicted octanol–water partition coefficient (Wildman–Crippen LogP) is 1.13. The molecule has 1 heterocycles. The van der Waals surface area contributed by atoms with Crippen LogP contribution < -0.4 is 5.32 Å². The van der Waals surface area contributed by atoms with Crippen molar-refractivity contribution in [1.82, 2.24) is 10.2 Å². The smallest absolute Gasteiger partial charge is 0.0701 e. The van der Waals surface area contributed by atoms with Gasteiger partial charge in [0.05, 0.1) is 33.0 Å². The fourth-order valence-corrected chi connectivity index (χ4v) is 2.80. The third-order valence-electron chi connectivity index (χ3n) is 4.21. The zero-order valence-electron chi connectivity index (χ0n) is 13.5. The van der Waals surface area contributed by atoms with Crippen LogP contribution in [-0.4, -0.2) is 77.3 Å². The molecule has 2 rings (SSSR count). The van der Waals surface area contributed by atoms with Crippen LogP contribution in [0.5, 0.6) is 0 Å². The van der Waals surface area contributed by atoms with Gasteiger partial charge < -0.3 is 19.5 Å². The van der Waals surface area contributed by atoms with Gasteiger partial charge in [0.2, 0.25) is 0 Å². The minimum absolute atomic E-state index is 0.654. The van der Waals surface area contributed by atoms with Gasteiger partial charge in [0.25, 0.3) is 0 Å². The molecule has 1 unspecified atom stereocenters. The van der Waals surface area contributed by atoms with Crippen LogP contribution >= 0.6 is 0 Å². The number of methoxy groups -OCH3 is 1. The first-order valence-corrected chi connectivity index (χ1v) is 8.48. The van der Waals surface area contributed by atoms with Gasteiger partial charge in [0.1, 0.15) is 0 Å². The van der Waals surface area contributed by atoms with Crippen molar-refractivity contribution in [3.63, 3.8) is 0 Å². The van der Waals surface area contributed by atoms with Gasteiger partial charge in [-0.15, -0.1) is 0 Å². The van der Waals surface area contributed by atoms with Crippen LogP contribution in [0.1, 0.15) is 25.7 Å². The molecule has 0 aromatic carbocycles. The summed E-state index contributed by atoms with van der Waals surface area (Å²) < 4.78 is 16.0. The van der Waals surface area contributed by atoms with Crippen LogP contribution in [0.3, 0.4) is 0 Å². The molecule has 1 aliphatic heterocycles. The number of hydrogen-bond donors (Lipinski definition) is 1. The Labute approximate surface area is 129 Å². The quantitative estimate of drug-likeness (QED) is 0.517. The van der Waals surface area contributed by atoms with E-state index in [-0.39, 0.29) is 0 Å². The number of nitrogens with zero attached hydrogens (tertiary/aromatic N) is 1. The first-order chi connectivity index (χ1) is 10.4. The first kappa shape index (κ1) is 17.2. The molecule has 5 nitrogen and oxygen atoms in total. The minimum atomic E-state index is 0.654. The van der Waals surface area contributed by atoms with Crippen molar-refractivity contribution in [2.75, 3.05) is 66.3 Å². The van der Waals surface area contributed by atoms with E-state index < -0.39 is 0 Å². The Morgan fingerprint density at radius 2 is 1.71 bits per heavy atom. The fraction of sp³-hybridized carbons (Fsp3) is 1.00. The van der Waals surface area contributed by atoms with E-state index in [1.807, 2.05) is 0 Å². The van der Waals surface area contributed by atoms with Crippen molar-refractivity contribution in [2.45, 2.75) is 31.7 Å². The molecule has 0 aromatic rings. The summed E-state index contributed by atoms with van der Waals surface area (Å²) in [4.78, 5) is 2.59. The van der Waals surface area contributed by atoms with Crippen LogP contribution in [-0.2, 0) is 14.2 Å². The molecule has 1 atom stereocenters. The van der Waals surface area contributed by atoms with Crippen molar-refractivity contribution < 1.29 is 14.2 Å². The second kappa shape index (κ2) is 10.5. The van der Waals surface area contributed by atoms with Gasteiger partial charge in [-0.25, -0.2) is 0 Å². The lowest BCUT2D eigenvalue weighted by Crippen LogP contribution is -2.40. The highest BCUT2D eigenvalue weighted by atomic mass is 16.5. The Bertz CT molecular complexity index is 256. The normalized spacial score (nSPS) is 22.3. The van der Waals surface area contributed by atoms with Crippen molar-refractivity contribution in [2.24, 2.45) is 5.92 Å². The summed E-state index contributed by atoms with van der Waals surface area (Å²) in [6, 6.07) is 0.695. The molecule has 1 N–H and O–H groups in total. The second-order valence-electron chi connectivity index (χ2n) is 6.21. The van der Waals surface area contributed by atoms with Gasteiger partial charge >= 0.3 is 0 Å². The Morgan fingerprint density at radius 1 is 0.952 bits per heavy atom. The standard InChI is InChI=1S/C16H32N2O3/c1-19-9-10-21-12-11-20-8-7-18(13-15-4-5-15)14-16-3-2-6-17-16/h15-17H,2-14H2,1H3. The Hall–Kier alpha value is -0.200. The monoisotopic (exact) mass is 300 g/mol. The van der Waals surface area contributed by atoms with Gasteiger partial charge in [-0.1, -0.05) is 0 Å². The summed E-state index contributed by atoms with van der Waals surface area (Å²) in [5, 5.41) is 3.60. The van der Waals surface area contributed by atoms with Gasteiger partial charge in [0, 0.05) is 32.8 Å². The van der Waals surface area contributed by atoms with E-state index in [4.69, 9.17) is 14.2 Å². The summed E-state index contributed by atoms with van der Waals surface area (Å²) in [5.74, 6) is 0.948. The van der Waals surface area contributed by atoms with E-state index in [1.54, 1.807) is 7.11 Å². The lowest BCUT2D eigenvalue weighted by atomic mass is 10.2. The Balaban J connectivity index is 1.49. The van der Waals surface area contributed by atoms with E-state index in [2.05, 4.69) is 10.2 Å². The van der Waals surface area contributed by atoms with Crippen LogP contribution in [0, 0.1) is 5.92 Å². The third-order valence-corrected chi connectivity index (χ3v) is 4.21. The van der Waals surface area contributed by atoms with Crippen LogP contribution in [0.15, 0.2) is 0 Å². The highest BCUT2D eigenvalue weighted by Gasteiger charge is 2.26. The highest BCUT2D eigenvalue weighted by molar-refractivity contribution is 4.82. The van der Waals surface area contributed by atoms with E-state index in [1.165, 1.54) is 45.3 Å². The molecule has 1 saturated carbocycles. The molecule has 0 bridgehead atoms. The van der Waals surface area contributed by atoms with E-state index >= 15 is 0 Å². The third kappa shape index (κ3) is 8.12. The predicted molar refractivity (Wildman–Crippen MR) is 83.7 cm³/mol. The minimum Gasteiger partial charge on any atom is -0.382 e. The van der Waals surface area contributed by atoms with E-state index in [0.717, 1.165) is 19.1 Å². The van der Waals surface area contributed by atoms with Gasteiger partial charge in [-0.2, -0.15) is 0 Å². The average Bonchev–Trinajstić information content (AvgIpc) is 3.15. The van der Waals surface area contributed by atoms with Gasteiger partial charge in [-0.05, 0) is 38.1 Å². The van der Waals surface area contributed by atoms with Gasteiger partial charge in [-0.3, -0.25) is 4.90 Å². The molecule has 2 fully saturated rings. The lowest BCUT2D eigenvalue weighted by molar-refractivity contribution is 0.0188. The molecule has 0 radical (unpaired) electrons. The summed E-state index contributed by atoms with van der Waals surface area (Å²) in [7, 11) is 1.69. The van der Waals surface area contributed by atoms with Crippen molar-refractivity contribution in [3.05, 3.63) is 0 Å². The molecular formula is C16H32N2O3. The zero-order valence-corrected chi connectivity index (χ0v) is 13.5. The first-order valence-electron chi connectivity index (χ1n) is 8.48.